The molecular weight excluding hydrogens is 383 g/mol. The molecule has 0 aliphatic carbocycles. The Morgan fingerprint density at radius 2 is 1.00 bits per heavy atom. The summed E-state index contributed by atoms with van der Waals surface area (Å²) in [6.07, 6.45) is 17.7. The Bertz CT molecular complexity index is 415. The third-order valence-electron chi connectivity index (χ3n) is 5.49. The summed E-state index contributed by atoms with van der Waals surface area (Å²) >= 11 is 0. The van der Waals surface area contributed by atoms with Gasteiger partial charge in [-0.3, -0.25) is 0 Å². The minimum absolute atomic E-state index is 0. The van der Waals surface area contributed by atoms with Crippen molar-refractivity contribution in [3.8, 4) is 0 Å². The van der Waals surface area contributed by atoms with Gasteiger partial charge < -0.3 is 9.66 Å². The van der Waals surface area contributed by atoms with Crippen LogP contribution >= 0.6 is 0 Å². The van der Waals surface area contributed by atoms with Crippen LogP contribution in [0.1, 0.15) is 129 Å². The third-order valence-corrected chi connectivity index (χ3v) is 6.78. The van der Waals surface area contributed by atoms with Gasteiger partial charge in [0, 0.05) is 5.25 Å². The summed E-state index contributed by atoms with van der Waals surface area (Å²) in [5.74, 6) is 0. The van der Waals surface area contributed by atoms with E-state index in [9.17, 15) is 18.1 Å². The van der Waals surface area contributed by atoms with E-state index in [2.05, 4.69) is 13.8 Å². The fourth-order valence-corrected chi connectivity index (χ4v) is 4.56. The first-order chi connectivity index (χ1) is 12.9. The zero-order chi connectivity index (χ0) is 20.4. The minimum atomic E-state index is -4.23. The van der Waals surface area contributed by atoms with Gasteiger partial charge in [0.05, 0.1) is 16.2 Å². The molecule has 0 fully saturated rings. The van der Waals surface area contributed by atoms with Gasteiger partial charge in [0.1, 0.15) is 0 Å². The van der Waals surface area contributed by atoms with E-state index in [4.69, 9.17) is 0 Å². The average molecular weight is 429 g/mol. The van der Waals surface area contributed by atoms with Crippen LogP contribution in [0.2, 0.25) is 0 Å². The molecule has 2 atom stereocenters. The van der Waals surface area contributed by atoms with Crippen LogP contribution in [0.4, 0.5) is 0 Å². The van der Waals surface area contributed by atoms with Crippen LogP contribution in [0.25, 0.3) is 0 Å². The molecule has 164 valence electrons. The number of aliphatic hydroxyl groups excluding tert-OH is 1. The summed E-state index contributed by atoms with van der Waals surface area (Å²) in [5, 5.41) is 9.26. The van der Waals surface area contributed by atoms with Crippen LogP contribution in [0.3, 0.4) is 0 Å². The molecular formula is C22H45NaO4S. The van der Waals surface area contributed by atoms with Crippen LogP contribution in [0.5, 0.6) is 0 Å². The van der Waals surface area contributed by atoms with Gasteiger partial charge in [0.25, 0.3) is 0 Å². The first kappa shape index (κ1) is 31.1. The summed E-state index contributed by atoms with van der Waals surface area (Å²) < 4.78 is 34.5. The van der Waals surface area contributed by atoms with Crippen LogP contribution in [-0.4, -0.2) is 29.4 Å². The smallest absolute Gasteiger partial charge is 0.748 e. The van der Waals surface area contributed by atoms with Crippen LogP contribution < -0.4 is 29.6 Å². The summed E-state index contributed by atoms with van der Waals surface area (Å²) in [4.78, 5) is 0. The maximum Gasteiger partial charge on any atom is 1.00 e. The Morgan fingerprint density at radius 3 is 1.46 bits per heavy atom. The average Bonchev–Trinajstić information content (AvgIpc) is 2.61. The van der Waals surface area contributed by atoms with Crippen molar-refractivity contribution >= 4 is 10.1 Å². The first-order valence-corrected chi connectivity index (χ1v) is 13.0. The Kier molecular flexibility index (Phi) is 23.4. The van der Waals surface area contributed by atoms with Gasteiger partial charge in [-0.15, -0.1) is 0 Å². The van der Waals surface area contributed by atoms with E-state index in [1.165, 1.54) is 51.4 Å². The molecule has 0 aromatic carbocycles. The number of hydrogen-bond donors (Lipinski definition) is 1. The largest absolute Gasteiger partial charge is 1.00 e. The van der Waals surface area contributed by atoms with E-state index in [0.717, 1.165) is 38.5 Å². The van der Waals surface area contributed by atoms with Crippen molar-refractivity contribution in [1.29, 1.82) is 0 Å². The Hall–Kier alpha value is 0.870. The number of rotatable bonds is 20. The van der Waals surface area contributed by atoms with E-state index in [1.54, 1.807) is 0 Å². The van der Waals surface area contributed by atoms with Crippen molar-refractivity contribution in [2.24, 2.45) is 0 Å². The zero-order valence-electron chi connectivity index (χ0n) is 19.0. The molecule has 0 aliphatic rings. The molecule has 6 heteroatoms. The summed E-state index contributed by atoms with van der Waals surface area (Å²) in [5.41, 5.74) is 0. The molecule has 1 N–H and O–H groups in total. The van der Waals surface area contributed by atoms with Crippen molar-refractivity contribution in [3.05, 3.63) is 0 Å². The van der Waals surface area contributed by atoms with E-state index in [-0.39, 0.29) is 35.7 Å². The van der Waals surface area contributed by atoms with Gasteiger partial charge in [0.2, 0.25) is 0 Å². The van der Waals surface area contributed by atoms with Crippen molar-refractivity contribution in [3.63, 3.8) is 0 Å². The Morgan fingerprint density at radius 1 is 0.643 bits per heavy atom. The molecule has 0 amide bonds. The minimum Gasteiger partial charge on any atom is -0.748 e. The molecule has 0 radical (unpaired) electrons. The molecule has 4 nitrogen and oxygen atoms in total. The molecule has 0 bridgehead atoms. The molecule has 0 heterocycles. The van der Waals surface area contributed by atoms with Gasteiger partial charge >= 0.3 is 29.6 Å². The van der Waals surface area contributed by atoms with Crippen LogP contribution in [0.15, 0.2) is 0 Å². The normalized spacial score (nSPS) is 13.9. The quantitative estimate of drug-likeness (QED) is 0.183. The predicted octanol–water partition coefficient (Wildman–Crippen LogP) is 3.33. The number of unbranched alkanes of at least 4 members (excludes halogenated alkanes) is 11. The third kappa shape index (κ3) is 20.2. The summed E-state index contributed by atoms with van der Waals surface area (Å²) in [6, 6.07) is 0. The topological polar surface area (TPSA) is 77.4 Å². The maximum absolute atomic E-state index is 11.5. The second kappa shape index (κ2) is 21.1. The summed E-state index contributed by atoms with van der Waals surface area (Å²) in [6.45, 7) is 4.39. The summed E-state index contributed by atoms with van der Waals surface area (Å²) in [7, 11) is -4.23. The van der Waals surface area contributed by atoms with Gasteiger partial charge in [-0.1, -0.05) is 97.3 Å². The molecule has 0 aliphatic heterocycles. The number of aliphatic hydroxyl groups is 1. The molecule has 0 aromatic heterocycles. The molecule has 0 saturated heterocycles. The molecule has 2 unspecified atom stereocenters. The predicted molar refractivity (Wildman–Crippen MR) is 114 cm³/mol. The Labute approximate surface area is 197 Å². The van der Waals surface area contributed by atoms with Gasteiger partial charge in [-0.2, -0.15) is 0 Å². The number of hydrogen-bond acceptors (Lipinski definition) is 4. The van der Waals surface area contributed by atoms with Crippen molar-refractivity contribution < 1.29 is 47.6 Å². The van der Waals surface area contributed by atoms with Gasteiger partial charge in [-0.05, 0) is 32.1 Å². The fraction of sp³-hybridized carbons (Fsp3) is 1.00. The van der Waals surface area contributed by atoms with Gasteiger partial charge in [-0.25, -0.2) is 8.42 Å². The molecule has 0 spiro atoms. The monoisotopic (exact) mass is 428 g/mol. The molecule has 0 aromatic rings. The maximum atomic E-state index is 11.5. The second-order valence-electron chi connectivity index (χ2n) is 8.17. The fourth-order valence-electron chi connectivity index (χ4n) is 3.65. The molecule has 28 heavy (non-hydrogen) atoms. The molecule has 0 saturated carbocycles. The van der Waals surface area contributed by atoms with E-state index in [0.29, 0.717) is 25.7 Å². The van der Waals surface area contributed by atoms with Crippen LogP contribution in [-0.2, 0) is 10.1 Å². The van der Waals surface area contributed by atoms with E-state index < -0.39 is 15.4 Å². The standard InChI is InChI=1S/C22H46O4S.Na/c1-3-5-7-9-10-11-13-15-19-22(27(24,25)26)20-16-18-21(23)17-14-12-8-6-4-2;/h21-23H,3-20H2,1-2H3,(H,24,25,26);/q;+1/p-1. The first-order valence-electron chi connectivity index (χ1n) is 11.5. The zero-order valence-corrected chi connectivity index (χ0v) is 21.8. The van der Waals surface area contributed by atoms with Crippen LogP contribution in [0, 0.1) is 0 Å². The SMILES string of the molecule is CCCCCCCCCCC(CCCC(O)CCCCCCC)S(=O)(=O)[O-].[Na+]. The van der Waals surface area contributed by atoms with Crippen molar-refractivity contribution in [2.75, 3.05) is 0 Å². The van der Waals surface area contributed by atoms with Gasteiger partial charge in [0.15, 0.2) is 0 Å². The Balaban J connectivity index is 0. The van der Waals surface area contributed by atoms with Crippen molar-refractivity contribution in [2.45, 2.75) is 141 Å². The second-order valence-corrected chi connectivity index (χ2v) is 9.82. The van der Waals surface area contributed by atoms with Crippen molar-refractivity contribution in [1.82, 2.24) is 0 Å². The molecule has 0 rings (SSSR count). The van der Waals surface area contributed by atoms with E-state index >= 15 is 0 Å². The van der Waals surface area contributed by atoms with E-state index in [1.807, 2.05) is 0 Å².